The molecule has 0 atom stereocenters. The highest BCUT2D eigenvalue weighted by molar-refractivity contribution is 6.30. The van der Waals surface area contributed by atoms with Crippen LogP contribution in [0.15, 0.2) is 36.4 Å². The molecule has 0 saturated carbocycles. The smallest absolute Gasteiger partial charge is 0.228 e. The summed E-state index contributed by atoms with van der Waals surface area (Å²) in [6, 6.07) is 10.7. The summed E-state index contributed by atoms with van der Waals surface area (Å²) in [5.41, 5.74) is 3.03. The molecular formula is C18H17ClN2O3. The fourth-order valence-corrected chi connectivity index (χ4v) is 2.75. The molecule has 0 aromatic heterocycles. The van der Waals surface area contributed by atoms with E-state index in [0.717, 1.165) is 16.8 Å². The van der Waals surface area contributed by atoms with Crippen LogP contribution >= 0.6 is 11.6 Å². The minimum absolute atomic E-state index is 0.0906. The third-order valence-corrected chi connectivity index (χ3v) is 3.97. The van der Waals surface area contributed by atoms with E-state index in [-0.39, 0.29) is 18.2 Å². The van der Waals surface area contributed by atoms with Crippen LogP contribution in [0.4, 0.5) is 11.4 Å². The first kappa shape index (κ1) is 16.3. The zero-order valence-corrected chi connectivity index (χ0v) is 13.9. The van der Waals surface area contributed by atoms with Crippen LogP contribution in [-0.4, -0.2) is 18.4 Å². The van der Waals surface area contributed by atoms with Crippen LogP contribution in [0.1, 0.15) is 17.5 Å². The molecule has 2 aromatic rings. The van der Waals surface area contributed by atoms with Gasteiger partial charge in [0, 0.05) is 10.7 Å². The fraction of sp³-hybridized carbons (Fsp3) is 0.222. The van der Waals surface area contributed by atoms with E-state index < -0.39 is 0 Å². The molecule has 0 bridgehead atoms. The predicted molar refractivity (Wildman–Crippen MR) is 93.7 cm³/mol. The number of carbonyl (C=O) groups excluding carboxylic acids is 2. The zero-order chi connectivity index (χ0) is 17.1. The van der Waals surface area contributed by atoms with Gasteiger partial charge >= 0.3 is 0 Å². The summed E-state index contributed by atoms with van der Waals surface area (Å²) < 4.78 is 5.51. The molecule has 0 fully saturated rings. The number of nitrogens with one attached hydrogen (secondary N) is 2. The van der Waals surface area contributed by atoms with Crippen molar-refractivity contribution in [3.63, 3.8) is 0 Å². The van der Waals surface area contributed by atoms with E-state index in [0.29, 0.717) is 29.5 Å². The average molecular weight is 345 g/mol. The van der Waals surface area contributed by atoms with Gasteiger partial charge in [0.25, 0.3) is 0 Å². The van der Waals surface area contributed by atoms with Gasteiger partial charge in [0.05, 0.1) is 25.1 Å². The van der Waals surface area contributed by atoms with Gasteiger partial charge in [-0.2, -0.15) is 0 Å². The lowest BCUT2D eigenvalue weighted by Gasteiger charge is -2.11. The minimum Gasteiger partial charge on any atom is -0.491 e. The Morgan fingerprint density at radius 2 is 2.12 bits per heavy atom. The lowest BCUT2D eigenvalue weighted by atomic mass is 10.1. The maximum atomic E-state index is 12.3. The van der Waals surface area contributed by atoms with Crippen LogP contribution in [0.5, 0.6) is 5.75 Å². The first-order chi connectivity index (χ1) is 11.5. The summed E-state index contributed by atoms with van der Waals surface area (Å²) in [4.78, 5) is 23.9. The quantitative estimate of drug-likeness (QED) is 0.894. The van der Waals surface area contributed by atoms with Gasteiger partial charge in [-0.25, -0.2) is 0 Å². The molecule has 0 radical (unpaired) electrons. The van der Waals surface area contributed by atoms with Crippen LogP contribution in [0.3, 0.4) is 0 Å². The van der Waals surface area contributed by atoms with Crippen LogP contribution in [0.25, 0.3) is 0 Å². The topological polar surface area (TPSA) is 67.4 Å². The van der Waals surface area contributed by atoms with Crippen molar-refractivity contribution < 1.29 is 14.3 Å². The van der Waals surface area contributed by atoms with E-state index in [1.54, 1.807) is 30.3 Å². The second kappa shape index (κ2) is 6.93. The summed E-state index contributed by atoms with van der Waals surface area (Å²) in [6.07, 6.45) is 0.519. The number of fused-ring (bicyclic) bond motifs is 1. The summed E-state index contributed by atoms with van der Waals surface area (Å²) in [6.45, 7) is 2.24. The number of anilines is 2. The van der Waals surface area contributed by atoms with Crippen molar-refractivity contribution in [2.45, 2.75) is 19.8 Å². The Labute approximate surface area is 145 Å². The molecule has 0 spiro atoms. The molecule has 2 N–H and O–H groups in total. The Hall–Kier alpha value is -2.53. The van der Waals surface area contributed by atoms with Gasteiger partial charge in [-0.15, -0.1) is 0 Å². The van der Waals surface area contributed by atoms with E-state index in [4.69, 9.17) is 16.3 Å². The molecule has 24 heavy (non-hydrogen) atoms. The highest BCUT2D eigenvalue weighted by Gasteiger charge is 2.15. The summed E-state index contributed by atoms with van der Waals surface area (Å²) in [7, 11) is 0. The van der Waals surface area contributed by atoms with Crippen molar-refractivity contribution in [3.05, 3.63) is 52.5 Å². The van der Waals surface area contributed by atoms with Crippen LogP contribution in [0.2, 0.25) is 5.02 Å². The third kappa shape index (κ3) is 3.86. The highest BCUT2D eigenvalue weighted by Crippen LogP contribution is 2.28. The van der Waals surface area contributed by atoms with E-state index in [9.17, 15) is 9.59 Å². The first-order valence-corrected chi connectivity index (χ1v) is 8.00. The molecule has 124 valence electrons. The number of halogens is 1. The second-order valence-electron chi connectivity index (χ2n) is 5.66. The van der Waals surface area contributed by atoms with Gasteiger partial charge in [0.1, 0.15) is 5.75 Å². The van der Waals surface area contributed by atoms with Crippen molar-refractivity contribution in [1.29, 1.82) is 0 Å². The minimum atomic E-state index is -0.138. The van der Waals surface area contributed by atoms with Gasteiger partial charge in [-0.3, -0.25) is 9.59 Å². The second-order valence-corrected chi connectivity index (χ2v) is 6.10. The molecule has 0 unspecified atom stereocenters. The molecule has 0 saturated heterocycles. The molecule has 2 aromatic carbocycles. The van der Waals surface area contributed by atoms with Crippen molar-refractivity contribution >= 4 is 34.8 Å². The normalized spacial score (nSPS) is 13.3. The number of benzene rings is 2. The maximum Gasteiger partial charge on any atom is 0.228 e. The molecule has 1 aliphatic heterocycles. The number of rotatable bonds is 3. The molecule has 5 nitrogen and oxygen atoms in total. The molecular weight excluding hydrogens is 328 g/mol. The summed E-state index contributed by atoms with van der Waals surface area (Å²) >= 11 is 5.92. The molecule has 1 aliphatic rings. The number of hydrogen-bond donors (Lipinski definition) is 2. The Kier molecular flexibility index (Phi) is 4.71. The van der Waals surface area contributed by atoms with Crippen LogP contribution < -0.4 is 15.4 Å². The lowest BCUT2D eigenvalue weighted by molar-refractivity contribution is -0.116. The van der Waals surface area contributed by atoms with Crippen molar-refractivity contribution in [3.8, 4) is 5.75 Å². The van der Waals surface area contributed by atoms with Crippen LogP contribution in [0, 0.1) is 6.92 Å². The van der Waals surface area contributed by atoms with Gasteiger partial charge < -0.3 is 15.4 Å². The van der Waals surface area contributed by atoms with Gasteiger partial charge in [0.15, 0.2) is 0 Å². The third-order valence-electron chi connectivity index (χ3n) is 3.73. The van der Waals surface area contributed by atoms with Gasteiger partial charge in [-0.1, -0.05) is 17.7 Å². The zero-order valence-electron chi connectivity index (χ0n) is 13.2. The fourth-order valence-electron chi connectivity index (χ4n) is 2.52. The number of ether oxygens (including phenoxy) is 1. The molecule has 0 aliphatic carbocycles. The first-order valence-electron chi connectivity index (χ1n) is 7.63. The Morgan fingerprint density at radius 1 is 1.29 bits per heavy atom. The Morgan fingerprint density at radius 3 is 2.92 bits per heavy atom. The lowest BCUT2D eigenvalue weighted by Crippen LogP contribution is -2.15. The molecule has 3 rings (SSSR count). The molecule has 2 amide bonds. The van der Waals surface area contributed by atoms with E-state index in [2.05, 4.69) is 10.6 Å². The summed E-state index contributed by atoms with van der Waals surface area (Å²) in [5.74, 6) is 0.395. The van der Waals surface area contributed by atoms with Crippen molar-refractivity contribution in [2.75, 3.05) is 17.2 Å². The van der Waals surface area contributed by atoms with E-state index >= 15 is 0 Å². The predicted octanol–water partition coefficient (Wildman–Crippen LogP) is 3.55. The molecule has 1 heterocycles. The number of amides is 2. The Bertz CT molecular complexity index is 805. The molecule has 6 heteroatoms. The number of aryl methyl sites for hydroxylation is 1. The SMILES string of the molecule is Cc1cc(Cl)ccc1NC(=O)Cc1ccc2c(c1)NC(=O)CCO2. The monoisotopic (exact) mass is 344 g/mol. The number of hydrogen-bond acceptors (Lipinski definition) is 3. The maximum absolute atomic E-state index is 12.3. The van der Waals surface area contributed by atoms with E-state index in [1.165, 1.54) is 0 Å². The van der Waals surface area contributed by atoms with E-state index in [1.807, 2.05) is 13.0 Å². The van der Waals surface area contributed by atoms with Gasteiger partial charge in [0.2, 0.25) is 11.8 Å². The van der Waals surface area contributed by atoms with Gasteiger partial charge in [-0.05, 0) is 48.4 Å². The largest absolute Gasteiger partial charge is 0.491 e. The van der Waals surface area contributed by atoms with Crippen molar-refractivity contribution in [1.82, 2.24) is 0 Å². The average Bonchev–Trinajstić information content (AvgIpc) is 2.70. The number of carbonyl (C=O) groups is 2. The van der Waals surface area contributed by atoms with Crippen molar-refractivity contribution in [2.24, 2.45) is 0 Å². The standard InChI is InChI=1S/C18H17ClN2O3/c1-11-8-13(19)3-4-14(11)20-18(23)10-12-2-5-16-15(9-12)21-17(22)6-7-24-16/h2-5,8-9H,6-7,10H2,1H3,(H,20,23)(H,21,22). The van der Waals surface area contributed by atoms with Crippen LogP contribution in [-0.2, 0) is 16.0 Å². The summed E-state index contributed by atoms with van der Waals surface area (Å²) in [5, 5.41) is 6.29. The highest BCUT2D eigenvalue weighted by atomic mass is 35.5. The Balaban J connectivity index is 1.71.